The first kappa shape index (κ1) is 16.0. The predicted molar refractivity (Wildman–Crippen MR) is 86.4 cm³/mol. The molecule has 116 valence electrons. The smallest absolute Gasteiger partial charge is 0.253 e. The van der Waals surface area contributed by atoms with E-state index in [-0.39, 0.29) is 5.91 Å². The number of aryl methyl sites for hydroxylation is 1. The van der Waals surface area contributed by atoms with Crippen LogP contribution in [0, 0.1) is 0 Å². The van der Waals surface area contributed by atoms with Gasteiger partial charge in [0, 0.05) is 44.3 Å². The van der Waals surface area contributed by atoms with Gasteiger partial charge in [0.05, 0.1) is 0 Å². The largest absolute Gasteiger partial charge is 0.336 e. The Morgan fingerprint density at radius 2 is 1.76 bits per heavy atom. The second kappa shape index (κ2) is 7.57. The lowest BCUT2D eigenvalue weighted by Gasteiger charge is -2.38. The zero-order valence-electron chi connectivity index (χ0n) is 13.2. The van der Waals surface area contributed by atoms with E-state index in [0.29, 0.717) is 12.6 Å². The van der Waals surface area contributed by atoms with Crippen LogP contribution in [-0.4, -0.2) is 54.5 Å². The molecule has 1 aliphatic heterocycles. The highest BCUT2D eigenvalue weighted by atomic mass is 16.2. The zero-order valence-corrected chi connectivity index (χ0v) is 13.2. The normalized spacial score (nSPS) is 17.8. The second-order valence-electron chi connectivity index (χ2n) is 5.68. The first-order chi connectivity index (χ1) is 10.2. The third-order valence-electron chi connectivity index (χ3n) is 4.47. The Morgan fingerprint density at radius 3 is 2.24 bits per heavy atom. The number of nitrogens with two attached hydrogens (primary N) is 1. The number of carbonyl (C=O) groups is 1. The lowest BCUT2D eigenvalue weighted by Crippen LogP contribution is -2.53. The average molecular weight is 289 g/mol. The van der Waals surface area contributed by atoms with Crippen LogP contribution in [0.15, 0.2) is 24.3 Å². The minimum Gasteiger partial charge on any atom is -0.336 e. The van der Waals surface area contributed by atoms with Crippen LogP contribution in [0.5, 0.6) is 0 Å². The number of benzene rings is 1. The molecule has 0 aliphatic carbocycles. The molecular weight excluding hydrogens is 262 g/mol. The average Bonchev–Trinajstić information content (AvgIpc) is 2.56. The number of amides is 1. The minimum absolute atomic E-state index is 0.151. The summed E-state index contributed by atoms with van der Waals surface area (Å²) in [5.41, 5.74) is 7.87. The van der Waals surface area contributed by atoms with Gasteiger partial charge in [-0.1, -0.05) is 26.0 Å². The standard InChI is InChI=1S/C17H27N3O/c1-3-14-5-7-15(8-6-14)17(21)20-11-9-19(10-12-20)16(4-2)13-18/h5-8,16H,3-4,9-13,18H2,1-2H3. The van der Waals surface area contributed by atoms with Gasteiger partial charge >= 0.3 is 0 Å². The maximum atomic E-state index is 12.5. The van der Waals surface area contributed by atoms with Crippen molar-refractivity contribution >= 4 is 5.91 Å². The monoisotopic (exact) mass is 289 g/mol. The molecule has 2 rings (SSSR count). The van der Waals surface area contributed by atoms with Crippen molar-refractivity contribution in [2.75, 3.05) is 32.7 Å². The molecule has 1 heterocycles. The Labute approximate surface area is 127 Å². The molecule has 4 heteroatoms. The SMILES string of the molecule is CCc1ccc(C(=O)N2CCN(C(CC)CN)CC2)cc1. The Balaban J connectivity index is 1.93. The quantitative estimate of drug-likeness (QED) is 0.898. The highest BCUT2D eigenvalue weighted by molar-refractivity contribution is 5.94. The van der Waals surface area contributed by atoms with E-state index in [4.69, 9.17) is 5.73 Å². The maximum Gasteiger partial charge on any atom is 0.253 e. The summed E-state index contributed by atoms with van der Waals surface area (Å²) in [6, 6.07) is 8.44. The molecule has 4 nitrogen and oxygen atoms in total. The van der Waals surface area contributed by atoms with Crippen molar-refractivity contribution in [3.63, 3.8) is 0 Å². The third-order valence-corrected chi connectivity index (χ3v) is 4.47. The topological polar surface area (TPSA) is 49.6 Å². The Bertz CT molecular complexity index is 446. The second-order valence-corrected chi connectivity index (χ2v) is 5.68. The Morgan fingerprint density at radius 1 is 1.14 bits per heavy atom. The predicted octanol–water partition coefficient (Wildman–Crippen LogP) is 1.74. The summed E-state index contributed by atoms with van der Waals surface area (Å²) in [6.45, 7) is 8.43. The van der Waals surface area contributed by atoms with Crippen LogP contribution in [-0.2, 0) is 6.42 Å². The molecule has 1 fully saturated rings. The molecule has 21 heavy (non-hydrogen) atoms. The van der Waals surface area contributed by atoms with Gasteiger partial charge in [0.25, 0.3) is 5.91 Å². The first-order valence-corrected chi connectivity index (χ1v) is 8.01. The van der Waals surface area contributed by atoms with Crippen LogP contribution in [0.1, 0.15) is 36.2 Å². The summed E-state index contributed by atoms with van der Waals surface area (Å²) in [5.74, 6) is 0.151. The molecule has 1 atom stereocenters. The van der Waals surface area contributed by atoms with Gasteiger partial charge in [-0.05, 0) is 30.5 Å². The van der Waals surface area contributed by atoms with Crippen molar-refractivity contribution in [2.45, 2.75) is 32.7 Å². The van der Waals surface area contributed by atoms with Crippen molar-refractivity contribution < 1.29 is 4.79 Å². The van der Waals surface area contributed by atoms with E-state index in [0.717, 1.165) is 44.6 Å². The highest BCUT2D eigenvalue weighted by Gasteiger charge is 2.25. The molecule has 0 radical (unpaired) electrons. The fraction of sp³-hybridized carbons (Fsp3) is 0.588. The number of piperazine rings is 1. The van der Waals surface area contributed by atoms with E-state index in [1.54, 1.807) is 0 Å². The highest BCUT2D eigenvalue weighted by Crippen LogP contribution is 2.13. The third kappa shape index (κ3) is 3.83. The van der Waals surface area contributed by atoms with E-state index in [1.165, 1.54) is 5.56 Å². The van der Waals surface area contributed by atoms with E-state index in [2.05, 4.69) is 18.7 Å². The van der Waals surface area contributed by atoms with Crippen molar-refractivity contribution in [2.24, 2.45) is 5.73 Å². The summed E-state index contributed by atoms with van der Waals surface area (Å²) in [4.78, 5) is 16.9. The number of hydrogen-bond donors (Lipinski definition) is 1. The van der Waals surface area contributed by atoms with Gasteiger partial charge in [0.15, 0.2) is 0 Å². The fourth-order valence-electron chi connectivity index (χ4n) is 2.93. The van der Waals surface area contributed by atoms with Gasteiger partial charge in [-0.3, -0.25) is 9.69 Å². The van der Waals surface area contributed by atoms with Gasteiger partial charge in [0.2, 0.25) is 0 Å². The molecule has 0 spiro atoms. The van der Waals surface area contributed by atoms with Crippen molar-refractivity contribution in [3.05, 3.63) is 35.4 Å². The van der Waals surface area contributed by atoms with Crippen molar-refractivity contribution in [1.29, 1.82) is 0 Å². The number of hydrogen-bond acceptors (Lipinski definition) is 3. The number of rotatable bonds is 5. The van der Waals surface area contributed by atoms with Gasteiger partial charge < -0.3 is 10.6 Å². The van der Waals surface area contributed by atoms with Crippen LogP contribution in [0.25, 0.3) is 0 Å². The summed E-state index contributed by atoms with van der Waals surface area (Å²) < 4.78 is 0. The van der Waals surface area contributed by atoms with Gasteiger partial charge in [-0.15, -0.1) is 0 Å². The lowest BCUT2D eigenvalue weighted by molar-refractivity contribution is 0.0571. The molecule has 1 unspecified atom stereocenters. The summed E-state index contributed by atoms with van der Waals surface area (Å²) >= 11 is 0. The molecule has 1 saturated heterocycles. The summed E-state index contributed by atoms with van der Waals surface area (Å²) in [7, 11) is 0. The van der Waals surface area contributed by atoms with Crippen LogP contribution < -0.4 is 5.73 Å². The van der Waals surface area contributed by atoms with Gasteiger partial charge in [-0.25, -0.2) is 0 Å². The van der Waals surface area contributed by atoms with E-state index < -0.39 is 0 Å². The molecule has 0 saturated carbocycles. The van der Waals surface area contributed by atoms with Crippen LogP contribution in [0.2, 0.25) is 0 Å². The lowest BCUT2D eigenvalue weighted by atomic mass is 10.1. The molecule has 0 aromatic heterocycles. The number of nitrogens with zero attached hydrogens (tertiary/aromatic N) is 2. The fourth-order valence-corrected chi connectivity index (χ4v) is 2.93. The molecule has 1 aromatic rings. The molecular formula is C17H27N3O. The van der Waals surface area contributed by atoms with Crippen molar-refractivity contribution in [3.8, 4) is 0 Å². The Kier molecular flexibility index (Phi) is 5.76. The minimum atomic E-state index is 0.151. The first-order valence-electron chi connectivity index (χ1n) is 8.01. The van der Waals surface area contributed by atoms with Crippen molar-refractivity contribution in [1.82, 2.24) is 9.80 Å². The van der Waals surface area contributed by atoms with Crippen LogP contribution in [0.3, 0.4) is 0 Å². The van der Waals surface area contributed by atoms with Crippen LogP contribution in [0.4, 0.5) is 0 Å². The molecule has 1 aromatic carbocycles. The summed E-state index contributed by atoms with van der Waals surface area (Å²) in [5, 5.41) is 0. The molecule has 1 amide bonds. The molecule has 2 N–H and O–H groups in total. The zero-order chi connectivity index (χ0) is 15.2. The maximum absolute atomic E-state index is 12.5. The van der Waals surface area contributed by atoms with E-state index in [1.807, 2.05) is 29.2 Å². The van der Waals surface area contributed by atoms with E-state index >= 15 is 0 Å². The molecule has 0 bridgehead atoms. The van der Waals surface area contributed by atoms with E-state index in [9.17, 15) is 4.79 Å². The van der Waals surface area contributed by atoms with Crippen LogP contribution >= 0.6 is 0 Å². The number of carbonyl (C=O) groups excluding carboxylic acids is 1. The molecule has 1 aliphatic rings. The van der Waals surface area contributed by atoms with Gasteiger partial charge in [-0.2, -0.15) is 0 Å². The Hall–Kier alpha value is -1.39. The van der Waals surface area contributed by atoms with Gasteiger partial charge in [0.1, 0.15) is 0 Å². The summed E-state index contributed by atoms with van der Waals surface area (Å²) in [6.07, 6.45) is 2.08.